The Hall–Kier alpha value is -2.15. The molecule has 0 bridgehead atoms. The lowest BCUT2D eigenvalue weighted by molar-refractivity contribution is -0.114. The number of rotatable bonds is 9. The normalized spacial score (nSPS) is 11.2. The number of hydrogen-bond acceptors (Lipinski definition) is 3. The Morgan fingerprint density at radius 1 is 1.22 bits per heavy atom. The van der Waals surface area contributed by atoms with Gasteiger partial charge in [0.25, 0.3) is 0 Å². The van der Waals surface area contributed by atoms with Crippen molar-refractivity contribution in [3.8, 4) is 0 Å². The highest BCUT2D eigenvalue weighted by Crippen LogP contribution is 2.07. The first-order valence-corrected chi connectivity index (χ1v) is 7.81. The van der Waals surface area contributed by atoms with E-state index in [4.69, 9.17) is 4.74 Å². The number of halogens is 1. The zero-order chi connectivity index (χ0) is 16.9. The number of guanidine groups is 1. The lowest BCUT2D eigenvalue weighted by Crippen LogP contribution is -2.38. The van der Waals surface area contributed by atoms with Crippen LogP contribution in [0.15, 0.2) is 29.3 Å². The molecule has 0 aliphatic rings. The van der Waals surface area contributed by atoms with E-state index >= 15 is 0 Å². The average molecular weight is 324 g/mol. The number of ether oxygens (including phenoxy) is 1. The first-order chi connectivity index (χ1) is 11.2. The van der Waals surface area contributed by atoms with Crippen LogP contribution < -0.4 is 16.0 Å². The van der Waals surface area contributed by atoms with Gasteiger partial charge in [-0.2, -0.15) is 0 Å². The van der Waals surface area contributed by atoms with Gasteiger partial charge in [0.15, 0.2) is 5.96 Å². The Labute approximate surface area is 136 Å². The number of anilines is 1. The molecule has 0 saturated carbocycles. The van der Waals surface area contributed by atoms with Gasteiger partial charge >= 0.3 is 0 Å². The Bertz CT molecular complexity index is 491. The average Bonchev–Trinajstić information content (AvgIpc) is 2.54. The van der Waals surface area contributed by atoms with Crippen molar-refractivity contribution in [3.05, 3.63) is 30.1 Å². The van der Waals surface area contributed by atoms with Crippen LogP contribution in [-0.2, 0) is 9.53 Å². The van der Waals surface area contributed by atoms with Crippen molar-refractivity contribution in [1.29, 1.82) is 0 Å². The number of carbonyl (C=O) groups excluding carboxylic acids is 1. The molecule has 0 aliphatic carbocycles. The number of nitrogens with zero attached hydrogens (tertiary/aromatic N) is 1. The van der Waals surface area contributed by atoms with Crippen molar-refractivity contribution in [2.45, 2.75) is 20.3 Å². The van der Waals surface area contributed by atoms with E-state index in [1.165, 1.54) is 24.3 Å². The van der Waals surface area contributed by atoms with Gasteiger partial charge in [-0.25, -0.2) is 9.38 Å². The van der Waals surface area contributed by atoms with Gasteiger partial charge in [-0.05, 0) is 44.5 Å². The van der Waals surface area contributed by atoms with Crippen molar-refractivity contribution in [1.82, 2.24) is 10.6 Å². The molecule has 0 radical (unpaired) electrons. The molecule has 0 saturated heterocycles. The monoisotopic (exact) mass is 324 g/mol. The number of nitrogens with one attached hydrogen (secondary N) is 3. The molecule has 0 spiro atoms. The summed E-state index contributed by atoms with van der Waals surface area (Å²) in [5, 5.41) is 8.87. The second kappa shape index (κ2) is 11.4. The zero-order valence-corrected chi connectivity index (χ0v) is 13.7. The third-order valence-electron chi connectivity index (χ3n) is 2.81. The number of amides is 1. The molecule has 0 heterocycles. The fourth-order valence-electron chi connectivity index (χ4n) is 1.75. The molecular formula is C16H25FN4O2. The molecule has 0 fully saturated rings. The highest BCUT2D eigenvalue weighted by molar-refractivity contribution is 5.94. The second-order valence-electron chi connectivity index (χ2n) is 4.73. The smallest absolute Gasteiger partial charge is 0.246 e. The van der Waals surface area contributed by atoms with E-state index in [1.54, 1.807) is 0 Å². The van der Waals surface area contributed by atoms with E-state index in [9.17, 15) is 9.18 Å². The van der Waals surface area contributed by atoms with Crippen LogP contribution >= 0.6 is 0 Å². The molecule has 0 aromatic heterocycles. The van der Waals surface area contributed by atoms with Gasteiger partial charge in [0.05, 0.1) is 0 Å². The highest BCUT2D eigenvalue weighted by atomic mass is 19.1. The van der Waals surface area contributed by atoms with Crippen molar-refractivity contribution in [3.63, 3.8) is 0 Å². The van der Waals surface area contributed by atoms with E-state index in [1.807, 2.05) is 13.8 Å². The van der Waals surface area contributed by atoms with Crippen LogP contribution in [0.4, 0.5) is 10.1 Å². The summed E-state index contributed by atoms with van der Waals surface area (Å²) in [5.74, 6) is -0.0203. The minimum Gasteiger partial charge on any atom is -0.382 e. The lowest BCUT2D eigenvalue weighted by Gasteiger charge is -2.11. The van der Waals surface area contributed by atoms with E-state index < -0.39 is 0 Å². The fraction of sp³-hybridized carbons (Fsp3) is 0.500. The highest BCUT2D eigenvalue weighted by Gasteiger charge is 2.03. The molecule has 1 aromatic carbocycles. The third kappa shape index (κ3) is 8.77. The minimum atomic E-state index is -0.341. The Morgan fingerprint density at radius 3 is 2.61 bits per heavy atom. The van der Waals surface area contributed by atoms with Gasteiger partial charge in [0.2, 0.25) is 5.91 Å². The van der Waals surface area contributed by atoms with Gasteiger partial charge in [0, 0.05) is 32.0 Å². The molecule has 0 unspecified atom stereocenters. The van der Waals surface area contributed by atoms with E-state index in [2.05, 4.69) is 20.9 Å². The largest absolute Gasteiger partial charge is 0.382 e. The standard InChI is InChI=1S/C16H25FN4O2/c1-3-18-16(19-10-5-11-23-4-2)20-12-15(22)21-14-8-6-13(17)7-9-14/h6-9H,3-5,10-12H2,1-2H3,(H,21,22)(H2,18,19,20). The molecule has 0 atom stereocenters. The summed E-state index contributed by atoms with van der Waals surface area (Å²) < 4.78 is 18.1. The summed E-state index contributed by atoms with van der Waals surface area (Å²) in [5.41, 5.74) is 0.543. The summed E-state index contributed by atoms with van der Waals surface area (Å²) in [4.78, 5) is 16.0. The fourth-order valence-corrected chi connectivity index (χ4v) is 1.75. The third-order valence-corrected chi connectivity index (χ3v) is 2.81. The molecule has 23 heavy (non-hydrogen) atoms. The molecule has 3 N–H and O–H groups in total. The van der Waals surface area contributed by atoms with Crippen molar-refractivity contribution in [2.75, 3.05) is 38.2 Å². The molecule has 1 aromatic rings. The second-order valence-corrected chi connectivity index (χ2v) is 4.73. The van der Waals surface area contributed by atoms with Crippen LogP contribution in [0.3, 0.4) is 0 Å². The maximum Gasteiger partial charge on any atom is 0.246 e. The van der Waals surface area contributed by atoms with Gasteiger partial charge in [-0.1, -0.05) is 0 Å². The molecule has 128 valence electrons. The first kappa shape index (κ1) is 18.9. The number of carbonyl (C=O) groups is 1. The van der Waals surface area contributed by atoms with E-state index in [0.717, 1.165) is 6.42 Å². The van der Waals surface area contributed by atoms with Crippen LogP contribution in [-0.4, -0.2) is 44.7 Å². The summed E-state index contributed by atoms with van der Waals surface area (Å²) in [6.07, 6.45) is 0.861. The van der Waals surface area contributed by atoms with Gasteiger partial charge in [-0.3, -0.25) is 4.79 Å². The SMILES string of the molecule is CCNC(=NCC(=O)Nc1ccc(F)cc1)NCCCOCC. The number of benzene rings is 1. The Morgan fingerprint density at radius 2 is 1.96 bits per heavy atom. The quantitative estimate of drug-likeness (QED) is 0.367. The summed E-state index contributed by atoms with van der Waals surface area (Å²) in [7, 11) is 0. The number of aliphatic imine (C=N–C) groups is 1. The van der Waals surface area contributed by atoms with Crippen molar-refractivity contribution in [2.24, 2.45) is 4.99 Å². The molecule has 7 heteroatoms. The predicted molar refractivity (Wildman–Crippen MR) is 90.1 cm³/mol. The molecule has 6 nitrogen and oxygen atoms in total. The summed E-state index contributed by atoms with van der Waals surface area (Å²) >= 11 is 0. The Kier molecular flexibility index (Phi) is 9.38. The van der Waals surface area contributed by atoms with Crippen LogP contribution in [0.5, 0.6) is 0 Å². The van der Waals surface area contributed by atoms with Crippen molar-refractivity contribution < 1.29 is 13.9 Å². The van der Waals surface area contributed by atoms with Crippen LogP contribution in [0, 0.1) is 5.82 Å². The maximum atomic E-state index is 12.8. The van der Waals surface area contributed by atoms with Crippen LogP contribution in [0.25, 0.3) is 0 Å². The first-order valence-electron chi connectivity index (χ1n) is 7.81. The zero-order valence-electron chi connectivity index (χ0n) is 13.7. The maximum absolute atomic E-state index is 12.8. The van der Waals surface area contributed by atoms with E-state index in [0.29, 0.717) is 38.0 Å². The summed E-state index contributed by atoms with van der Waals surface area (Å²) in [6, 6.07) is 5.61. The van der Waals surface area contributed by atoms with Gasteiger partial charge in [0.1, 0.15) is 12.4 Å². The van der Waals surface area contributed by atoms with Crippen molar-refractivity contribution >= 4 is 17.6 Å². The molecular weight excluding hydrogens is 299 g/mol. The van der Waals surface area contributed by atoms with E-state index in [-0.39, 0.29) is 18.3 Å². The van der Waals surface area contributed by atoms with Gasteiger partial charge < -0.3 is 20.7 Å². The predicted octanol–water partition coefficient (Wildman–Crippen LogP) is 1.75. The van der Waals surface area contributed by atoms with Crippen LogP contribution in [0.1, 0.15) is 20.3 Å². The summed E-state index contributed by atoms with van der Waals surface area (Å²) in [6.45, 7) is 6.71. The number of hydrogen-bond donors (Lipinski definition) is 3. The molecule has 1 rings (SSSR count). The Balaban J connectivity index is 2.39. The molecule has 0 aliphatic heterocycles. The topological polar surface area (TPSA) is 74.8 Å². The lowest BCUT2D eigenvalue weighted by atomic mass is 10.3. The minimum absolute atomic E-state index is 0.0157. The van der Waals surface area contributed by atoms with Gasteiger partial charge in [-0.15, -0.1) is 0 Å². The van der Waals surface area contributed by atoms with Crippen LogP contribution in [0.2, 0.25) is 0 Å². The molecule has 1 amide bonds.